The zero-order chi connectivity index (χ0) is 17.0. The van der Waals surface area contributed by atoms with Gasteiger partial charge in [0.25, 0.3) is 5.91 Å². The molecule has 2 bridgehead atoms. The topological polar surface area (TPSA) is 70.4 Å². The molecule has 0 spiro atoms. The maximum absolute atomic E-state index is 12.7. The monoisotopic (exact) mass is 340 g/mol. The van der Waals surface area contributed by atoms with Gasteiger partial charge in [-0.25, -0.2) is 0 Å². The number of amides is 1. The molecule has 1 amide bonds. The second-order valence-corrected chi connectivity index (χ2v) is 7.75. The molecule has 1 saturated carbocycles. The second kappa shape index (κ2) is 5.73. The first-order chi connectivity index (χ1) is 12.2. The zero-order valence-electron chi connectivity index (χ0n) is 14.5. The van der Waals surface area contributed by atoms with Crippen LogP contribution in [0.4, 0.5) is 5.88 Å². The molecule has 3 saturated heterocycles. The van der Waals surface area contributed by atoms with Gasteiger partial charge in [-0.3, -0.25) is 14.7 Å². The van der Waals surface area contributed by atoms with Gasteiger partial charge in [0.2, 0.25) is 0 Å². The Morgan fingerprint density at radius 1 is 1.24 bits per heavy atom. The van der Waals surface area contributed by atoms with Gasteiger partial charge in [0.15, 0.2) is 5.88 Å². The van der Waals surface area contributed by atoms with Crippen LogP contribution in [0.25, 0.3) is 11.0 Å². The van der Waals surface area contributed by atoms with Gasteiger partial charge in [-0.2, -0.15) is 0 Å². The van der Waals surface area contributed by atoms with Crippen LogP contribution in [-0.4, -0.2) is 47.0 Å². The molecule has 2 unspecified atom stereocenters. The third-order valence-corrected chi connectivity index (χ3v) is 6.03. The quantitative estimate of drug-likeness (QED) is 0.895. The molecular weight excluding hydrogens is 316 g/mol. The average Bonchev–Trinajstić information content (AvgIpc) is 3.34. The van der Waals surface area contributed by atoms with Crippen molar-refractivity contribution < 1.29 is 9.21 Å². The molecule has 3 aliphatic heterocycles. The molecular formula is C19H24N4O2. The Hall–Kier alpha value is -2.08. The molecule has 5 heterocycles. The molecule has 6 heteroatoms. The molecule has 1 aliphatic carbocycles. The molecule has 2 atom stereocenters. The summed E-state index contributed by atoms with van der Waals surface area (Å²) < 4.78 is 5.83. The van der Waals surface area contributed by atoms with E-state index in [9.17, 15) is 4.79 Å². The Bertz CT molecular complexity index is 803. The van der Waals surface area contributed by atoms with Crippen molar-refractivity contribution in [2.24, 2.45) is 5.92 Å². The van der Waals surface area contributed by atoms with Crippen LogP contribution in [0.3, 0.4) is 0 Å². The predicted molar refractivity (Wildman–Crippen MR) is 95.7 cm³/mol. The van der Waals surface area contributed by atoms with Crippen LogP contribution in [0.5, 0.6) is 0 Å². The number of rotatable bonds is 4. The molecule has 25 heavy (non-hydrogen) atoms. The smallest absolute Gasteiger partial charge is 0.270 e. The average molecular weight is 340 g/mol. The number of hydrogen-bond acceptors (Lipinski definition) is 5. The van der Waals surface area contributed by atoms with Crippen molar-refractivity contribution in [2.75, 3.05) is 18.4 Å². The van der Waals surface area contributed by atoms with Gasteiger partial charge in [0, 0.05) is 41.8 Å². The van der Waals surface area contributed by atoms with Crippen LogP contribution in [0.1, 0.15) is 43.1 Å². The Morgan fingerprint density at radius 2 is 2.04 bits per heavy atom. The summed E-state index contributed by atoms with van der Waals surface area (Å²) >= 11 is 0. The van der Waals surface area contributed by atoms with Crippen LogP contribution in [0.15, 0.2) is 22.7 Å². The third-order valence-electron chi connectivity index (χ3n) is 6.03. The minimum Gasteiger partial charge on any atom is -0.441 e. The molecule has 2 aromatic rings. The summed E-state index contributed by atoms with van der Waals surface area (Å²) in [5.74, 6) is 1.26. The highest BCUT2D eigenvalue weighted by molar-refractivity contribution is 5.95. The van der Waals surface area contributed by atoms with E-state index in [4.69, 9.17) is 4.42 Å². The first-order valence-corrected chi connectivity index (χ1v) is 9.38. The van der Waals surface area contributed by atoms with E-state index in [1.54, 1.807) is 12.3 Å². The number of fused-ring (bicyclic) bond motifs is 4. The molecule has 2 N–H and O–H groups in total. The lowest BCUT2D eigenvalue weighted by Gasteiger charge is -2.49. The first kappa shape index (κ1) is 15.2. The summed E-state index contributed by atoms with van der Waals surface area (Å²) in [4.78, 5) is 19.6. The largest absolute Gasteiger partial charge is 0.441 e. The Labute approximate surface area is 147 Å². The number of furan rings is 1. The number of carbonyl (C=O) groups excluding carboxylic acids is 1. The lowest BCUT2D eigenvalue weighted by atomic mass is 9.79. The summed E-state index contributed by atoms with van der Waals surface area (Å²) in [6, 6.07) is 4.87. The number of carbonyl (C=O) groups is 1. The Morgan fingerprint density at radius 3 is 2.76 bits per heavy atom. The Kier molecular flexibility index (Phi) is 3.48. The summed E-state index contributed by atoms with van der Waals surface area (Å²) in [6.45, 7) is 4.53. The van der Waals surface area contributed by atoms with E-state index < -0.39 is 0 Å². The fraction of sp³-hybridized carbons (Fsp3) is 0.579. The van der Waals surface area contributed by atoms with E-state index in [2.05, 4.69) is 27.4 Å². The summed E-state index contributed by atoms with van der Waals surface area (Å²) in [7, 11) is 0. The van der Waals surface area contributed by atoms with Crippen molar-refractivity contribution in [3.63, 3.8) is 0 Å². The van der Waals surface area contributed by atoms with Crippen LogP contribution >= 0.6 is 0 Å². The van der Waals surface area contributed by atoms with Crippen molar-refractivity contribution in [2.45, 2.75) is 50.7 Å². The number of nitrogens with one attached hydrogen (secondary N) is 2. The minimum absolute atomic E-state index is 0.0967. The van der Waals surface area contributed by atoms with Gasteiger partial charge in [0.05, 0.1) is 0 Å². The zero-order valence-corrected chi connectivity index (χ0v) is 14.5. The van der Waals surface area contributed by atoms with E-state index in [-0.39, 0.29) is 11.9 Å². The van der Waals surface area contributed by atoms with Gasteiger partial charge in [-0.15, -0.1) is 0 Å². The summed E-state index contributed by atoms with van der Waals surface area (Å²) in [6.07, 6.45) is 6.47. The first-order valence-electron chi connectivity index (χ1n) is 9.38. The van der Waals surface area contributed by atoms with Crippen molar-refractivity contribution in [1.29, 1.82) is 0 Å². The normalized spacial score (nSPS) is 31.2. The van der Waals surface area contributed by atoms with Gasteiger partial charge in [-0.1, -0.05) is 0 Å². The molecule has 2 aromatic heterocycles. The van der Waals surface area contributed by atoms with E-state index in [1.807, 2.05) is 6.07 Å². The molecule has 0 aromatic carbocycles. The number of piperidine rings is 3. The van der Waals surface area contributed by atoms with Gasteiger partial charge < -0.3 is 15.1 Å². The van der Waals surface area contributed by atoms with E-state index in [1.165, 1.54) is 25.7 Å². The van der Waals surface area contributed by atoms with Gasteiger partial charge >= 0.3 is 0 Å². The number of hydrogen-bond donors (Lipinski definition) is 2. The highest BCUT2D eigenvalue weighted by Gasteiger charge is 2.40. The summed E-state index contributed by atoms with van der Waals surface area (Å²) in [5.41, 5.74) is 1.15. The molecule has 4 fully saturated rings. The lowest BCUT2D eigenvalue weighted by molar-refractivity contribution is 0.0216. The molecule has 0 radical (unpaired) electrons. The maximum atomic E-state index is 12.7. The van der Waals surface area contributed by atoms with E-state index >= 15 is 0 Å². The van der Waals surface area contributed by atoms with Crippen LogP contribution in [0, 0.1) is 5.92 Å². The summed E-state index contributed by atoms with van der Waals surface area (Å²) in [5, 5.41) is 7.50. The minimum atomic E-state index is -0.0967. The number of nitrogens with zero attached hydrogens (tertiary/aromatic N) is 2. The van der Waals surface area contributed by atoms with Crippen molar-refractivity contribution in [3.8, 4) is 0 Å². The van der Waals surface area contributed by atoms with Crippen LogP contribution in [0.2, 0.25) is 0 Å². The predicted octanol–water partition coefficient (Wildman–Crippen LogP) is 2.61. The maximum Gasteiger partial charge on any atom is 0.270 e. The fourth-order valence-corrected chi connectivity index (χ4v) is 4.33. The lowest BCUT2D eigenvalue weighted by Crippen LogP contribution is -2.62. The highest BCUT2D eigenvalue weighted by Crippen LogP contribution is 2.32. The molecule has 6 rings (SSSR count). The van der Waals surface area contributed by atoms with Gasteiger partial charge in [0.1, 0.15) is 11.3 Å². The standard InChI is InChI=1S/C19H24N4O2/c1-11-18(12-4-6-23(11)7-5-12)22-19(24)15-9-16-13(10-20-15)8-17(25-16)21-14-2-3-14/h8-12,14,18,21H,2-7H2,1H3,(H,22,24). The third kappa shape index (κ3) is 2.78. The van der Waals surface area contributed by atoms with Crippen LogP contribution in [-0.2, 0) is 0 Å². The van der Waals surface area contributed by atoms with E-state index in [0.29, 0.717) is 29.3 Å². The number of pyridine rings is 1. The van der Waals surface area contributed by atoms with Crippen LogP contribution < -0.4 is 10.6 Å². The fourth-order valence-electron chi connectivity index (χ4n) is 4.33. The highest BCUT2D eigenvalue weighted by atomic mass is 16.3. The van der Waals surface area contributed by atoms with Gasteiger partial charge in [-0.05, 0) is 51.6 Å². The molecule has 6 nitrogen and oxygen atoms in total. The SMILES string of the molecule is CC1C(NC(=O)c2cc3oc(NC4CC4)cc3cn2)C2CCN1CC2. The van der Waals surface area contributed by atoms with E-state index in [0.717, 1.165) is 24.4 Å². The van der Waals surface area contributed by atoms with Crippen molar-refractivity contribution >= 4 is 22.8 Å². The number of aromatic nitrogens is 1. The molecule has 4 aliphatic rings. The van der Waals surface area contributed by atoms with Crippen molar-refractivity contribution in [3.05, 3.63) is 24.0 Å². The molecule has 132 valence electrons. The number of anilines is 1. The second-order valence-electron chi connectivity index (χ2n) is 7.75. The Balaban J connectivity index is 1.34. The van der Waals surface area contributed by atoms with Crippen molar-refractivity contribution in [1.82, 2.24) is 15.2 Å².